The maximum atomic E-state index is 10.5. The monoisotopic (exact) mass is 177 g/mol. The molecule has 0 spiro atoms. The summed E-state index contributed by atoms with van der Waals surface area (Å²) >= 11 is 0. The molecule has 3 heteroatoms. The summed E-state index contributed by atoms with van der Waals surface area (Å²) in [5, 5.41) is 2.43. The van der Waals surface area contributed by atoms with E-state index in [1.807, 2.05) is 30.3 Å². The first-order valence-corrected chi connectivity index (χ1v) is 4.05. The fourth-order valence-electron chi connectivity index (χ4n) is 1.10. The molecule has 13 heavy (non-hydrogen) atoms. The van der Waals surface area contributed by atoms with Gasteiger partial charge >= 0.3 is 0 Å². The summed E-state index contributed by atoms with van der Waals surface area (Å²) in [6.45, 7) is 0. The molecule has 0 unspecified atom stereocenters. The third kappa shape index (κ3) is 3.07. The molecule has 0 fully saturated rings. The Morgan fingerprint density at radius 1 is 1.23 bits per heavy atom. The molecule has 0 aromatic heterocycles. The fraction of sp³-hybridized carbons (Fsp3) is 0.200. The first-order valence-electron chi connectivity index (χ1n) is 4.05. The lowest BCUT2D eigenvalue weighted by atomic mass is 10.1. The SMILES string of the molecule is O=CN[C@@H](C=O)Cc1ccccc1. The molecule has 1 atom stereocenters. The molecule has 0 saturated heterocycles. The van der Waals surface area contributed by atoms with Crippen molar-refractivity contribution in [2.75, 3.05) is 0 Å². The van der Waals surface area contributed by atoms with Crippen molar-refractivity contribution >= 4 is 12.7 Å². The molecule has 1 amide bonds. The third-order valence-corrected chi connectivity index (χ3v) is 1.74. The molecular formula is C10H11NO2. The lowest BCUT2D eigenvalue weighted by Gasteiger charge is -2.07. The summed E-state index contributed by atoms with van der Waals surface area (Å²) in [6.07, 6.45) is 1.83. The molecule has 3 nitrogen and oxygen atoms in total. The minimum absolute atomic E-state index is 0.417. The Hall–Kier alpha value is -1.64. The Balaban J connectivity index is 2.56. The van der Waals surface area contributed by atoms with E-state index in [1.165, 1.54) is 0 Å². The van der Waals surface area contributed by atoms with Crippen molar-refractivity contribution in [2.24, 2.45) is 0 Å². The normalized spacial score (nSPS) is 11.7. The lowest BCUT2D eigenvalue weighted by molar-refractivity contribution is -0.115. The number of aldehydes is 1. The molecular weight excluding hydrogens is 166 g/mol. The number of benzene rings is 1. The van der Waals surface area contributed by atoms with Crippen LogP contribution in [-0.2, 0) is 16.0 Å². The van der Waals surface area contributed by atoms with Gasteiger partial charge in [-0.05, 0) is 12.0 Å². The fourth-order valence-corrected chi connectivity index (χ4v) is 1.10. The van der Waals surface area contributed by atoms with Crippen molar-refractivity contribution in [1.29, 1.82) is 0 Å². The molecule has 1 rings (SSSR count). The summed E-state index contributed by atoms with van der Waals surface area (Å²) in [7, 11) is 0. The third-order valence-electron chi connectivity index (χ3n) is 1.74. The number of rotatable bonds is 5. The number of amides is 1. The summed E-state index contributed by atoms with van der Waals surface area (Å²) in [5.41, 5.74) is 1.04. The van der Waals surface area contributed by atoms with E-state index >= 15 is 0 Å². The van der Waals surface area contributed by atoms with E-state index in [-0.39, 0.29) is 0 Å². The smallest absolute Gasteiger partial charge is 0.207 e. The van der Waals surface area contributed by atoms with Gasteiger partial charge in [0.05, 0.1) is 6.04 Å². The number of hydrogen-bond acceptors (Lipinski definition) is 2. The lowest BCUT2D eigenvalue weighted by Crippen LogP contribution is -2.31. The van der Waals surface area contributed by atoms with Gasteiger partial charge in [-0.2, -0.15) is 0 Å². The van der Waals surface area contributed by atoms with Gasteiger partial charge in [-0.15, -0.1) is 0 Å². The van der Waals surface area contributed by atoms with Gasteiger partial charge < -0.3 is 10.1 Å². The Morgan fingerprint density at radius 2 is 1.92 bits per heavy atom. The van der Waals surface area contributed by atoms with Crippen LogP contribution in [-0.4, -0.2) is 18.7 Å². The predicted octanol–water partition coefficient (Wildman–Crippen LogP) is 0.543. The van der Waals surface area contributed by atoms with E-state index in [1.54, 1.807) is 0 Å². The largest absolute Gasteiger partial charge is 0.349 e. The first-order chi connectivity index (χ1) is 6.36. The van der Waals surface area contributed by atoms with Crippen molar-refractivity contribution < 1.29 is 9.59 Å². The maximum Gasteiger partial charge on any atom is 0.207 e. The molecule has 0 aliphatic rings. The molecule has 1 aromatic carbocycles. The molecule has 0 saturated carbocycles. The summed E-state index contributed by atoms with van der Waals surface area (Å²) in [6, 6.07) is 9.13. The van der Waals surface area contributed by atoms with E-state index < -0.39 is 6.04 Å². The molecule has 0 heterocycles. The minimum atomic E-state index is -0.417. The van der Waals surface area contributed by atoms with Crippen LogP contribution in [0.1, 0.15) is 5.56 Å². The number of nitrogens with one attached hydrogen (secondary N) is 1. The van der Waals surface area contributed by atoms with Crippen LogP contribution < -0.4 is 5.32 Å². The van der Waals surface area contributed by atoms with E-state index in [4.69, 9.17) is 0 Å². The van der Waals surface area contributed by atoms with Crippen molar-refractivity contribution in [2.45, 2.75) is 12.5 Å². The van der Waals surface area contributed by atoms with E-state index in [0.29, 0.717) is 12.8 Å². The van der Waals surface area contributed by atoms with Crippen molar-refractivity contribution in [1.82, 2.24) is 5.32 Å². The van der Waals surface area contributed by atoms with Crippen molar-refractivity contribution in [3.63, 3.8) is 0 Å². The zero-order chi connectivity index (χ0) is 9.52. The molecule has 1 aromatic rings. The van der Waals surface area contributed by atoms with Gasteiger partial charge in [0.25, 0.3) is 0 Å². The second-order valence-electron chi connectivity index (χ2n) is 2.72. The summed E-state index contributed by atoms with van der Waals surface area (Å²) < 4.78 is 0. The highest BCUT2D eigenvalue weighted by molar-refractivity contribution is 5.64. The molecule has 0 aliphatic carbocycles. The van der Waals surface area contributed by atoms with Crippen LogP contribution in [0.4, 0.5) is 0 Å². The average molecular weight is 177 g/mol. The van der Waals surface area contributed by atoms with Crippen LogP contribution in [0.25, 0.3) is 0 Å². The maximum absolute atomic E-state index is 10.5. The van der Waals surface area contributed by atoms with Crippen molar-refractivity contribution in [3.05, 3.63) is 35.9 Å². The van der Waals surface area contributed by atoms with Crippen molar-refractivity contribution in [3.8, 4) is 0 Å². The Kier molecular flexibility index (Phi) is 3.70. The van der Waals surface area contributed by atoms with Gasteiger partial charge in [0.2, 0.25) is 6.41 Å². The van der Waals surface area contributed by atoms with E-state index in [2.05, 4.69) is 5.32 Å². The second kappa shape index (κ2) is 5.09. The van der Waals surface area contributed by atoms with Crippen LogP contribution in [0.5, 0.6) is 0 Å². The standard InChI is InChI=1S/C10H11NO2/c12-7-10(11-8-13)6-9-4-2-1-3-5-9/h1-5,7-8,10H,6H2,(H,11,13)/t10-/m1/s1. The highest BCUT2D eigenvalue weighted by Gasteiger charge is 2.05. The van der Waals surface area contributed by atoms with Gasteiger partial charge in [0.1, 0.15) is 6.29 Å². The van der Waals surface area contributed by atoms with Gasteiger partial charge in [-0.25, -0.2) is 0 Å². The minimum Gasteiger partial charge on any atom is -0.349 e. The zero-order valence-electron chi connectivity index (χ0n) is 7.14. The molecule has 0 aliphatic heterocycles. The number of hydrogen-bond donors (Lipinski definition) is 1. The molecule has 0 bridgehead atoms. The Bertz CT molecular complexity index is 272. The van der Waals surface area contributed by atoms with Crippen LogP contribution in [0.15, 0.2) is 30.3 Å². The predicted molar refractivity (Wildman–Crippen MR) is 49.2 cm³/mol. The van der Waals surface area contributed by atoms with Gasteiger partial charge in [0.15, 0.2) is 0 Å². The summed E-state index contributed by atoms with van der Waals surface area (Å²) in [4.78, 5) is 20.6. The molecule has 1 N–H and O–H groups in total. The van der Waals surface area contributed by atoms with E-state index in [9.17, 15) is 9.59 Å². The molecule has 0 radical (unpaired) electrons. The van der Waals surface area contributed by atoms with Gasteiger partial charge in [0, 0.05) is 0 Å². The number of carbonyl (C=O) groups excluding carboxylic acids is 2. The Morgan fingerprint density at radius 3 is 2.46 bits per heavy atom. The highest BCUT2D eigenvalue weighted by Crippen LogP contribution is 2.01. The van der Waals surface area contributed by atoms with Crippen LogP contribution in [0.2, 0.25) is 0 Å². The first kappa shape index (κ1) is 9.45. The molecule has 68 valence electrons. The van der Waals surface area contributed by atoms with Gasteiger partial charge in [-0.1, -0.05) is 30.3 Å². The van der Waals surface area contributed by atoms with Crippen LogP contribution in [0.3, 0.4) is 0 Å². The van der Waals surface area contributed by atoms with Gasteiger partial charge in [-0.3, -0.25) is 4.79 Å². The van der Waals surface area contributed by atoms with Crippen LogP contribution >= 0.6 is 0 Å². The summed E-state index contributed by atoms with van der Waals surface area (Å²) in [5.74, 6) is 0. The zero-order valence-corrected chi connectivity index (χ0v) is 7.14. The second-order valence-corrected chi connectivity index (χ2v) is 2.72. The number of carbonyl (C=O) groups is 2. The van der Waals surface area contributed by atoms with Crippen LogP contribution in [0, 0.1) is 0 Å². The van der Waals surface area contributed by atoms with E-state index in [0.717, 1.165) is 11.8 Å². The Labute approximate surface area is 76.8 Å². The quantitative estimate of drug-likeness (QED) is 0.667. The topological polar surface area (TPSA) is 46.2 Å². The average Bonchev–Trinajstić information content (AvgIpc) is 2.19. The highest BCUT2D eigenvalue weighted by atomic mass is 16.1.